The molecule has 3 rings (SSSR count). The SMILES string of the molecule is CCc1cccc(NC(=O)N2CCN(C3=C(OC/C(C)=N/C(N)=N/C=C/Br)C=C(Br)CC=N3)CC2)c1. The number of nitrogens with two attached hydrogens (primary N) is 1. The van der Waals surface area contributed by atoms with Gasteiger partial charge < -0.3 is 25.6 Å². The van der Waals surface area contributed by atoms with Crippen LogP contribution in [0.3, 0.4) is 0 Å². The molecule has 0 unspecified atom stereocenters. The van der Waals surface area contributed by atoms with Crippen molar-refractivity contribution in [2.45, 2.75) is 26.7 Å². The van der Waals surface area contributed by atoms with Crippen LogP contribution in [-0.2, 0) is 11.2 Å². The average molecular weight is 621 g/mol. The second-order valence-electron chi connectivity index (χ2n) is 8.15. The number of rotatable bonds is 7. The molecule has 2 heterocycles. The number of benzene rings is 1. The summed E-state index contributed by atoms with van der Waals surface area (Å²) >= 11 is 6.71. The summed E-state index contributed by atoms with van der Waals surface area (Å²) in [5.41, 5.74) is 8.48. The summed E-state index contributed by atoms with van der Waals surface area (Å²) in [6, 6.07) is 7.84. The normalized spacial score (nSPS) is 17.4. The minimum atomic E-state index is -0.0961. The van der Waals surface area contributed by atoms with E-state index in [1.165, 1.54) is 11.8 Å². The van der Waals surface area contributed by atoms with E-state index in [0.717, 1.165) is 22.4 Å². The molecule has 1 fully saturated rings. The lowest BCUT2D eigenvalue weighted by molar-refractivity contribution is 0.160. The number of nitrogens with zero attached hydrogens (tertiary/aromatic N) is 5. The number of aryl methyl sites for hydroxylation is 1. The molecule has 0 bridgehead atoms. The Balaban J connectivity index is 1.65. The van der Waals surface area contributed by atoms with Crippen LogP contribution in [0.25, 0.3) is 0 Å². The van der Waals surface area contributed by atoms with Crippen molar-refractivity contribution >= 4 is 61.5 Å². The van der Waals surface area contributed by atoms with Gasteiger partial charge in [-0.2, -0.15) is 0 Å². The molecule has 36 heavy (non-hydrogen) atoms. The lowest BCUT2D eigenvalue weighted by Gasteiger charge is -2.36. The van der Waals surface area contributed by atoms with Crippen LogP contribution >= 0.6 is 31.9 Å². The first-order valence-electron chi connectivity index (χ1n) is 11.7. The van der Waals surface area contributed by atoms with Gasteiger partial charge in [-0.15, -0.1) is 0 Å². The number of allylic oxidation sites excluding steroid dienone is 2. The number of carbonyl (C=O) groups excluding carboxylic acids is 1. The van der Waals surface area contributed by atoms with E-state index in [4.69, 9.17) is 10.5 Å². The van der Waals surface area contributed by atoms with E-state index < -0.39 is 0 Å². The summed E-state index contributed by atoms with van der Waals surface area (Å²) in [5.74, 6) is 1.51. The molecular formula is C25H31Br2N7O2. The number of nitrogens with one attached hydrogen (secondary N) is 1. The number of halogens is 2. The van der Waals surface area contributed by atoms with E-state index in [9.17, 15) is 4.79 Å². The summed E-state index contributed by atoms with van der Waals surface area (Å²) in [6.45, 7) is 6.58. The first-order valence-corrected chi connectivity index (χ1v) is 13.4. The molecule has 0 atom stereocenters. The molecule has 1 saturated heterocycles. The maximum Gasteiger partial charge on any atom is 0.321 e. The highest BCUT2D eigenvalue weighted by atomic mass is 79.9. The van der Waals surface area contributed by atoms with Crippen molar-refractivity contribution in [3.8, 4) is 0 Å². The van der Waals surface area contributed by atoms with Crippen molar-refractivity contribution in [1.82, 2.24) is 9.80 Å². The third-order valence-corrected chi connectivity index (χ3v) is 6.26. The molecule has 11 heteroatoms. The molecule has 1 aromatic rings. The van der Waals surface area contributed by atoms with E-state index in [-0.39, 0.29) is 18.6 Å². The summed E-state index contributed by atoms with van der Waals surface area (Å²) < 4.78 is 7.06. The average Bonchev–Trinajstić information content (AvgIpc) is 3.07. The van der Waals surface area contributed by atoms with Gasteiger partial charge in [0.05, 0.1) is 5.71 Å². The first-order chi connectivity index (χ1) is 17.4. The van der Waals surface area contributed by atoms with Gasteiger partial charge in [0.25, 0.3) is 0 Å². The van der Waals surface area contributed by atoms with E-state index in [0.29, 0.717) is 44.1 Å². The lowest BCUT2D eigenvalue weighted by Crippen LogP contribution is -2.49. The minimum absolute atomic E-state index is 0.0961. The molecule has 0 spiro atoms. The Bertz CT molecular complexity index is 1120. The van der Waals surface area contributed by atoms with Gasteiger partial charge in [0.2, 0.25) is 5.96 Å². The Morgan fingerprint density at radius 1 is 1.31 bits per heavy atom. The third kappa shape index (κ3) is 8.34. The summed E-state index contributed by atoms with van der Waals surface area (Å²) in [7, 11) is 0. The zero-order chi connectivity index (χ0) is 25.9. The van der Waals surface area contributed by atoms with Crippen LogP contribution in [0.4, 0.5) is 10.5 Å². The minimum Gasteiger partial charge on any atom is -0.484 e. The lowest BCUT2D eigenvalue weighted by atomic mass is 10.1. The topological polar surface area (TPSA) is 108 Å². The molecule has 0 aliphatic carbocycles. The largest absolute Gasteiger partial charge is 0.484 e. The van der Waals surface area contributed by atoms with Gasteiger partial charge in [0.15, 0.2) is 11.6 Å². The van der Waals surface area contributed by atoms with Gasteiger partial charge in [-0.25, -0.2) is 19.8 Å². The highest BCUT2D eigenvalue weighted by Crippen LogP contribution is 2.24. The molecule has 3 N–H and O–H groups in total. The van der Waals surface area contributed by atoms with Crippen LogP contribution in [0.15, 0.2) is 72.6 Å². The number of piperazine rings is 1. The molecular weight excluding hydrogens is 590 g/mol. The van der Waals surface area contributed by atoms with E-state index in [1.807, 2.05) is 42.3 Å². The molecule has 9 nitrogen and oxygen atoms in total. The molecule has 0 aromatic heterocycles. The highest BCUT2D eigenvalue weighted by Gasteiger charge is 2.25. The zero-order valence-electron chi connectivity index (χ0n) is 20.5. The molecule has 192 valence electrons. The Morgan fingerprint density at radius 2 is 2.08 bits per heavy atom. The Hall–Kier alpha value is -2.92. The Morgan fingerprint density at radius 3 is 2.81 bits per heavy atom. The predicted octanol–water partition coefficient (Wildman–Crippen LogP) is 4.98. The number of anilines is 1. The number of urea groups is 1. The number of aliphatic imine (C=N–C) groups is 3. The van der Waals surface area contributed by atoms with Crippen LogP contribution in [0, 0.1) is 0 Å². The summed E-state index contributed by atoms with van der Waals surface area (Å²) in [5, 5.41) is 3.01. The van der Waals surface area contributed by atoms with E-state index >= 15 is 0 Å². The number of carbonyl (C=O) groups is 1. The maximum atomic E-state index is 12.8. The van der Waals surface area contributed by atoms with Crippen molar-refractivity contribution in [2.75, 3.05) is 38.1 Å². The van der Waals surface area contributed by atoms with Gasteiger partial charge >= 0.3 is 6.03 Å². The summed E-state index contributed by atoms with van der Waals surface area (Å²) in [6.07, 6.45) is 6.88. The molecule has 2 aliphatic heterocycles. The van der Waals surface area contributed by atoms with Crippen LogP contribution in [0.5, 0.6) is 0 Å². The predicted molar refractivity (Wildman–Crippen MR) is 154 cm³/mol. The van der Waals surface area contributed by atoms with Crippen molar-refractivity contribution in [1.29, 1.82) is 0 Å². The molecule has 2 aliphatic rings. The number of guanidine groups is 1. The molecule has 0 radical (unpaired) electrons. The number of ether oxygens (including phenoxy) is 1. The fourth-order valence-electron chi connectivity index (χ4n) is 3.63. The second kappa shape index (κ2) is 14.0. The third-order valence-electron chi connectivity index (χ3n) is 5.47. The fraction of sp³-hybridized carbons (Fsp3) is 0.360. The summed E-state index contributed by atoms with van der Waals surface area (Å²) in [4.78, 5) is 31.3. The van der Waals surface area contributed by atoms with Crippen molar-refractivity contribution in [2.24, 2.45) is 20.7 Å². The van der Waals surface area contributed by atoms with Crippen molar-refractivity contribution in [3.05, 3.63) is 63.2 Å². The smallest absolute Gasteiger partial charge is 0.321 e. The second-order valence-corrected chi connectivity index (χ2v) is 9.70. The molecule has 2 amide bonds. The van der Waals surface area contributed by atoms with Crippen molar-refractivity contribution in [3.63, 3.8) is 0 Å². The van der Waals surface area contributed by atoms with Gasteiger partial charge in [-0.3, -0.25) is 0 Å². The number of hydrogen-bond donors (Lipinski definition) is 2. The van der Waals surface area contributed by atoms with Gasteiger partial charge in [-0.1, -0.05) is 50.9 Å². The van der Waals surface area contributed by atoms with Gasteiger partial charge in [0, 0.05) is 55.2 Å². The number of amides is 2. The van der Waals surface area contributed by atoms with Gasteiger partial charge in [0.1, 0.15) is 6.61 Å². The highest BCUT2D eigenvalue weighted by molar-refractivity contribution is 9.11. The van der Waals surface area contributed by atoms with E-state index in [1.54, 1.807) is 4.99 Å². The molecule has 1 aromatic carbocycles. The fourth-order valence-corrected chi connectivity index (χ4v) is 4.10. The number of hydrogen-bond acceptors (Lipinski definition) is 5. The monoisotopic (exact) mass is 619 g/mol. The standard InChI is InChI=1S/C25H31Br2N7O2/c1-3-19-5-4-6-21(15-19)32-25(35)34-13-11-33(12-14-34)23-22(16-20(27)7-9-29-23)36-17-18(2)31-24(28)30-10-8-26/h4-6,8-10,15-16H,3,7,11-14,17H2,1-2H3,(H2,28,30)(H,32,35)/b10-8+,31-18+. The Kier molecular flexibility index (Phi) is 10.7. The van der Waals surface area contributed by atoms with Crippen LogP contribution in [-0.4, -0.2) is 66.5 Å². The van der Waals surface area contributed by atoms with Crippen molar-refractivity contribution < 1.29 is 9.53 Å². The maximum absolute atomic E-state index is 12.8. The Labute approximate surface area is 228 Å². The quantitative estimate of drug-likeness (QED) is 0.331. The van der Waals surface area contributed by atoms with Gasteiger partial charge in [-0.05, 0) is 42.1 Å². The van der Waals surface area contributed by atoms with Crippen LogP contribution < -0.4 is 11.1 Å². The zero-order valence-corrected chi connectivity index (χ0v) is 23.6. The molecule has 0 saturated carbocycles. The van der Waals surface area contributed by atoms with Crippen LogP contribution in [0.2, 0.25) is 0 Å². The van der Waals surface area contributed by atoms with E-state index in [2.05, 4.69) is 70.0 Å². The van der Waals surface area contributed by atoms with Crippen LogP contribution in [0.1, 0.15) is 25.8 Å². The first kappa shape index (κ1) is 27.7.